The second-order valence-corrected chi connectivity index (χ2v) is 7.19. The molecule has 2 rings (SSSR count). The molecule has 0 bridgehead atoms. The van der Waals surface area contributed by atoms with Crippen molar-refractivity contribution in [2.24, 2.45) is 5.92 Å². The Morgan fingerprint density at radius 2 is 2.00 bits per heavy atom. The van der Waals surface area contributed by atoms with Gasteiger partial charge in [0.1, 0.15) is 5.76 Å². The number of benzene rings is 1. The van der Waals surface area contributed by atoms with Crippen molar-refractivity contribution in [1.29, 1.82) is 0 Å². The van der Waals surface area contributed by atoms with Crippen molar-refractivity contribution in [1.82, 2.24) is 10.1 Å². The van der Waals surface area contributed by atoms with Crippen LogP contribution in [0.4, 0.5) is 5.82 Å². The van der Waals surface area contributed by atoms with Crippen LogP contribution in [0.2, 0.25) is 0 Å². The highest BCUT2D eigenvalue weighted by molar-refractivity contribution is 8.00. The highest BCUT2D eigenvalue weighted by atomic mass is 32.2. The second kappa shape index (κ2) is 9.27. The van der Waals surface area contributed by atoms with E-state index in [1.54, 1.807) is 17.9 Å². The van der Waals surface area contributed by atoms with Crippen LogP contribution in [0.25, 0.3) is 0 Å². The molecule has 0 atom stereocenters. The Morgan fingerprint density at radius 3 is 2.60 bits per heavy atom. The lowest BCUT2D eigenvalue weighted by Gasteiger charge is -2.23. The Hall–Kier alpha value is -2.28. The summed E-state index contributed by atoms with van der Waals surface area (Å²) in [6.45, 7) is 6.31. The molecule has 0 fully saturated rings. The number of rotatable bonds is 8. The van der Waals surface area contributed by atoms with Crippen molar-refractivity contribution in [2.45, 2.75) is 25.7 Å². The molecule has 1 heterocycles. The van der Waals surface area contributed by atoms with Gasteiger partial charge in [0.05, 0.1) is 12.3 Å². The summed E-state index contributed by atoms with van der Waals surface area (Å²) >= 11 is 1.47. The summed E-state index contributed by atoms with van der Waals surface area (Å²) in [7, 11) is 0. The van der Waals surface area contributed by atoms with Crippen LogP contribution in [0.5, 0.6) is 0 Å². The van der Waals surface area contributed by atoms with E-state index >= 15 is 0 Å². The monoisotopic (exact) mass is 361 g/mol. The van der Waals surface area contributed by atoms with E-state index in [2.05, 4.69) is 10.5 Å². The van der Waals surface area contributed by atoms with E-state index < -0.39 is 0 Å². The molecule has 1 aromatic carbocycles. The lowest BCUT2D eigenvalue weighted by atomic mass is 10.2. The summed E-state index contributed by atoms with van der Waals surface area (Å²) in [4.78, 5) is 27.4. The fourth-order valence-electron chi connectivity index (χ4n) is 2.23. The molecule has 0 spiro atoms. The number of hydrogen-bond donors (Lipinski definition) is 1. The minimum atomic E-state index is -0.285. The summed E-state index contributed by atoms with van der Waals surface area (Å²) in [5.74, 6) is 1.20. The number of aryl methyl sites for hydroxylation is 1. The molecule has 1 N–H and O–H groups in total. The minimum Gasteiger partial charge on any atom is -0.360 e. The molecule has 134 valence electrons. The van der Waals surface area contributed by atoms with Gasteiger partial charge in [0.25, 0.3) is 0 Å². The Labute approximate surface area is 151 Å². The first kappa shape index (κ1) is 19.1. The summed E-state index contributed by atoms with van der Waals surface area (Å²) in [5.41, 5.74) is 0. The standard InChI is InChI=1S/C18H23N3O3S/c1-13(2)10-21(11-17(22)19-16-9-14(3)24-20-16)18(23)12-25-15-7-5-4-6-8-15/h4-9,13H,10-12H2,1-3H3,(H,19,20,22). The fraction of sp³-hybridized carbons (Fsp3) is 0.389. The minimum absolute atomic E-state index is 0.00172. The van der Waals surface area contributed by atoms with Crippen LogP contribution in [0.3, 0.4) is 0 Å². The van der Waals surface area contributed by atoms with E-state index in [0.29, 0.717) is 23.9 Å². The van der Waals surface area contributed by atoms with Crippen molar-refractivity contribution < 1.29 is 14.1 Å². The van der Waals surface area contributed by atoms with Crippen LogP contribution in [0, 0.1) is 12.8 Å². The van der Waals surface area contributed by atoms with E-state index in [1.165, 1.54) is 11.8 Å². The third kappa shape index (κ3) is 6.62. The first-order valence-corrected chi connectivity index (χ1v) is 9.11. The molecule has 0 aliphatic rings. The van der Waals surface area contributed by atoms with Gasteiger partial charge in [-0.1, -0.05) is 37.2 Å². The molecule has 6 nitrogen and oxygen atoms in total. The van der Waals surface area contributed by atoms with Gasteiger partial charge in [-0.15, -0.1) is 11.8 Å². The third-order valence-corrected chi connectivity index (χ3v) is 4.27. The second-order valence-electron chi connectivity index (χ2n) is 6.14. The van der Waals surface area contributed by atoms with E-state index in [0.717, 1.165) is 4.90 Å². The Morgan fingerprint density at radius 1 is 1.28 bits per heavy atom. The van der Waals surface area contributed by atoms with Gasteiger partial charge in [0, 0.05) is 17.5 Å². The SMILES string of the molecule is Cc1cc(NC(=O)CN(CC(C)C)C(=O)CSc2ccccc2)no1. The predicted molar refractivity (Wildman–Crippen MR) is 98.5 cm³/mol. The Kier molecular flexibility index (Phi) is 7.06. The molecular formula is C18H23N3O3S. The summed E-state index contributed by atoms with van der Waals surface area (Å²) in [5, 5.41) is 6.38. The van der Waals surface area contributed by atoms with Crippen molar-refractivity contribution in [2.75, 3.05) is 24.2 Å². The van der Waals surface area contributed by atoms with Gasteiger partial charge in [0.15, 0.2) is 5.82 Å². The molecular weight excluding hydrogens is 338 g/mol. The van der Waals surface area contributed by atoms with Gasteiger partial charge in [-0.05, 0) is 25.0 Å². The van der Waals surface area contributed by atoms with Crippen molar-refractivity contribution >= 4 is 29.4 Å². The summed E-state index contributed by atoms with van der Waals surface area (Å²) in [6.07, 6.45) is 0. The van der Waals surface area contributed by atoms with Crippen molar-refractivity contribution in [3.63, 3.8) is 0 Å². The number of carbonyl (C=O) groups is 2. The zero-order valence-corrected chi connectivity index (χ0v) is 15.5. The first-order chi connectivity index (χ1) is 11.9. The molecule has 0 radical (unpaired) electrons. The van der Waals surface area contributed by atoms with Crippen LogP contribution >= 0.6 is 11.8 Å². The molecule has 0 aliphatic carbocycles. The van der Waals surface area contributed by atoms with Crippen LogP contribution < -0.4 is 5.32 Å². The zero-order valence-electron chi connectivity index (χ0n) is 14.7. The molecule has 0 saturated carbocycles. The number of aromatic nitrogens is 1. The number of nitrogens with zero attached hydrogens (tertiary/aromatic N) is 2. The zero-order chi connectivity index (χ0) is 18.2. The maximum atomic E-state index is 12.5. The van der Waals surface area contributed by atoms with Crippen LogP contribution in [-0.4, -0.2) is 40.7 Å². The van der Waals surface area contributed by atoms with Gasteiger partial charge in [-0.3, -0.25) is 9.59 Å². The third-order valence-electron chi connectivity index (χ3n) is 3.27. The number of hydrogen-bond acceptors (Lipinski definition) is 5. The largest absolute Gasteiger partial charge is 0.360 e. The molecule has 7 heteroatoms. The van der Waals surface area contributed by atoms with Gasteiger partial charge in [0.2, 0.25) is 11.8 Å². The van der Waals surface area contributed by atoms with E-state index in [1.807, 2.05) is 44.2 Å². The molecule has 2 amide bonds. The summed E-state index contributed by atoms with van der Waals surface area (Å²) in [6, 6.07) is 11.4. The maximum absolute atomic E-state index is 12.5. The molecule has 2 aromatic rings. The first-order valence-electron chi connectivity index (χ1n) is 8.13. The van der Waals surface area contributed by atoms with E-state index in [-0.39, 0.29) is 24.3 Å². The Balaban J connectivity index is 1.92. The molecule has 25 heavy (non-hydrogen) atoms. The van der Waals surface area contributed by atoms with Crippen molar-refractivity contribution in [3.8, 4) is 0 Å². The predicted octanol–water partition coefficient (Wildman–Crippen LogP) is 3.20. The topological polar surface area (TPSA) is 75.4 Å². The number of anilines is 1. The van der Waals surface area contributed by atoms with Gasteiger partial charge in [-0.25, -0.2) is 0 Å². The van der Waals surface area contributed by atoms with Crippen LogP contribution in [-0.2, 0) is 9.59 Å². The highest BCUT2D eigenvalue weighted by Crippen LogP contribution is 2.18. The maximum Gasteiger partial charge on any atom is 0.245 e. The van der Waals surface area contributed by atoms with Crippen LogP contribution in [0.1, 0.15) is 19.6 Å². The van der Waals surface area contributed by atoms with E-state index in [9.17, 15) is 9.59 Å². The van der Waals surface area contributed by atoms with Gasteiger partial charge in [-0.2, -0.15) is 0 Å². The average molecular weight is 361 g/mol. The highest BCUT2D eigenvalue weighted by Gasteiger charge is 2.19. The Bertz CT molecular complexity index is 701. The van der Waals surface area contributed by atoms with Crippen LogP contribution in [0.15, 0.2) is 45.8 Å². The van der Waals surface area contributed by atoms with Crippen molar-refractivity contribution in [3.05, 3.63) is 42.2 Å². The number of nitrogens with one attached hydrogen (secondary N) is 1. The van der Waals surface area contributed by atoms with Gasteiger partial charge < -0.3 is 14.7 Å². The molecule has 0 unspecified atom stereocenters. The number of carbonyl (C=O) groups excluding carboxylic acids is 2. The molecule has 0 saturated heterocycles. The normalized spacial score (nSPS) is 10.7. The summed E-state index contributed by atoms with van der Waals surface area (Å²) < 4.78 is 4.92. The lowest BCUT2D eigenvalue weighted by molar-refractivity contribution is -0.132. The number of amides is 2. The smallest absolute Gasteiger partial charge is 0.245 e. The lowest BCUT2D eigenvalue weighted by Crippen LogP contribution is -2.41. The van der Waals surface area contributed by atoms with Gasteiger partial charge >= 0.3 is 0 Å². The molecule has 1 aromatic heterocycles. The fourth-order valence-corrected chi connectivity index (χ4v) is 3.05. The molecule has 0 aliphatic heterocycles. The quantitative estimate of drug-likeness (QED) is 0.731. The average Bonchev–Trinajstić information content (AvgIpc) is 2.97. The van der Waals surface area contributed by atoms with E-state index in [4.69, 9.17) is 4.52 Å². The number of thioether (sulfide) groups is 1.